The molecule has 0 aliphatic rings. The highest BCUT2D eigenvalue weighted by Gasteiger charge is 2.19. The molecular weight excluding hydrogens is 617 g/mol. The van der Waals surface area contributed by atoms with Crippen molar-refractivity contribution >= 4 is 75.8 Å². The predicted octanol–water partition coefficient (Wildman–Crippen LogP) is 14.4. The van der Waals surface area contributed by atoms with Crippen molar-refractivity contribution in [2.24, 2.45) is 0 Å². The van der Waals surface area contributed by atoms with Crippen molar-refractivity contribution in [1.82, 2.24) is 0 Å². The summed E-state index contributed by atoms with van der Waals surface area (Å²) in [4.78, 5) is 0. The van der Waals surface area contributed by atoms with Crippen molar-refractivity contribution in [1.29, 1.82) is 0 Å². The van der Waals surface area contributed by atoms with Crippen LogP contribution in [-0.2, 0) is 0 Å². The van der Waals surface area contributed by atoms with Crippen LogP contribution in [0.3, 0.4) is 0 Å². The molecule has 0 radical (unpaired) electrons. The first-order valence-electron chi connectivity index (χ1n) is 20.9. The van der Waals surface area contributed by atoms with E-state index in [0.29, 0.717) is 33.4 Å². The second-order valence-electron chi connectivity index (χ2n) is 13.0. The monoisotopic (exact) mass is 654 g/mol. The van der Waals surface area contributed by atoms with E-state index in [1.54, 1.807) is 6.07 Å². The highest BCUT2D eigenvalue weighted by molar-refractivity contribution is 6.23. The minimum absolute atomic E-state index is 0.170. The second-order valence-corrected chi connectivity index (χ2v) is 13.0. The van der Waals surface area contributed by atoms with Crippen LogP contribution in [0.1, 0.15) is 11.0 Å². The highest BCUT2D eigenvalue weighted by Crippen LogP contribution is 2.46. The Morgan fingerprint density at radius 3 is 1.65 bits per heavy atom. The lowest BCUT2D eigenvalue weighted by atomic mass is 9.85. The van der Waals surface area contributed by atoms with Gasteiger partial charge in [-0.3, -0.25) is 0 Å². The van der Waals surface area contributed by atoms with Gasteiger partial charge in [-0.1, -0.05) is 158 Å². The van der Waals surface area contributed by atoms with E-state index in [0.717, 1.165) is 54.2 Å². The molecule has 0 saturated heterocycles. The molecule has 0 saturated carbocycles. The van der Waals surface area contributed by atoms with Crippen LogP contribution in [0.5, 0.6) is 0 Å². The van der Waals surface area contributed by atoms with E-state index in [9.17, 15) is 5.48 Å². The van der Waals surface area contributed by atoms with E-state index >= 15 is 0 Å². The van der Waals surface area contributed by atoms with Gasteiger partial charge in [0.1, 0.15) is 11.2 Å². The zero-order valence-electron chi connectivity index (χ0n) is 35.1. The third kappa shape index (κ3) is 4.22. The lowest BCUT2D eigenvalue weighted by Crippen LogP contribution is -1.91. The Kier molecular flexibility index (Phi) is 4.57. The molecule has 236 valence electrons. The van der Waals surface area contributed by atoms with Crippen molar-refractivity contribution in [3.63, 3.8) is 0 Å². The molecule has 0 N–H and O–H groups in total. The van der Waals surface area contributed by atoms with Crippen molar-refractivity contribution in [3.05, 3.63) is 182 Å². The average Bonchev–Trinajstić information content (AvgIpc) is 3.66. The Morgan fingerprint density at radius 1 is 0.353 bits per heavy atom. The van der Waals surface area contributed by atoms with Crippen molar-refractivity contribution in [2.75, 3.05) is 0 Å². The number of hydrogen-bond donors (Lipinski definition) is 0. The summed E-state index contributed by atoms with van der Waals surface area (Å²) >= 11 is 0. The molecule has 1 heterocycles. The molecule has 11 aromatic rings. The summed E-state index contributed by atoms with van der Waals surface area (Å²) in [5.41, 5.74) is 4.83. The van der Waals surface area contributed by atoms with Crippen LogP contribution in [-0.4, -0.2) is 0 Å². The summed E-state index contributed by atoms with van der Waals surface area (Å²) in [6, 6.07) is 40.8. The molecule has 0 aliphatic heterocycles. The van der Waals surface area contributed by atoms with E-state index in [1.165, 1.54) is 0 Å². The Morgan fingerprint density at radius 2 is 0.922 bits per heavy atom. The maximum atomic E-state index is 9.47. The Bertz CT molecular complexity index is 3580. The summed E-state index contributed by atoms with van der Waals surface area (Å²) in [5, 5.41) is 8.66. The summed E-state index contributed by atoms with van der Waals surface area (Å²) in [5.74, 6) is 0. The van der Waals surface area contributed by atoms with Gasteiger partial charge in [-0.25, -0.2) is 0 Å². The number of hydrogen-bond acceptors (Lipinski definition) is 1. The number of furan rings is 1. The minimum Gasteiger partial charge on any atom is -0.455 e. The zero-order valence-corrected chi connectivity index (χ0v) is 27.1. The van der Waals surface area contributed by atoms with E-state index in [1.807, 2.05) is 97.1 Å². The minimum atomic E-state index is -0.437. The fourth-order valence-electron chi connectivity index (χ4n) is 8.00. The molecule has 0 atom stereocenters. The van der Waals surface area contributed by atoms with Gasteiger partial charge >= 0.3 is 0 Å². The molecule has 0 fully saturated rings. The summed E-state index contributed by atoms with van der Waals surface area (Å²) in [6.45, 7) is 0. The second kappa shape index (κ2) is 10.9. The first-order valence-corrected chi connectivity index (χ1v) is 16.9. The molecule has 1 heteroatoms. The smallest absolute Gasteiger partial charge is 0.143 e. The van der Waals surface area contributed by atoms with Crippen LogP contribution in [0.25, 0.3) is 109 Å². The first kappa shape index (κ1) is 21.4. The van der Waals surface area contributed by atoms with Gasteiger partial charge < -0.3 is 4.42 Å². The SMILES string of the molecule is [2H]c1c([2H])c([2H])c2c(-c3ccc4oc5c6ccccc6ccc5c4c3)c3c([2H])c([2H])c([2H])c([2H])c3c(-c3cccc(-c4cccc5c4ccc4ccccc45)c3)c2c1[2H]. The summed E-state index contributed by atoms with van der Waals surface area (Å²) < 4.78 is 79.8. The molecule has 1 aromatic heterocycles. The molecule has 1 nitrogen and oxygen atoms in total. The molecule has 0 spiro atoms. The van der Waals surface area contributed by atoms with Gasteiger partial charge in [0, 0.05) is 16.2 Å². The molecule has 0 bridgehead atoms. The summed E-state index contributed by atoms with van der Waals surface area (Å²) in [6.07, 6.45) is 0. The molecule has 0 aliphatic carbocycles. The van der Waals surface area contributed by atoms with Gasteiger partial charge in [-0.2, -0.15) is 0 Å². The lowest BCUT2D eigenvalue weighted by molar-refractivity contribution is 0.672. The molecule has 10 aromatic carbocycles. The Balaban J connectivity index is 1.27. The first-order chi connectivity index (χ1) is 28.6. The van der Waals surface area contributed by atoms with Gasteiger partial charge in [0.15, 0.2) is 0 Å². The van der Waals surface area contributed by atoms with Crippen molar-refractivity contribution in [2.45, 2.75) is 0 Å². The Labute approximate surface area is 305 Å². The predicted molar refractivity (Wildman–Crippen MR) is 218 cm³/mol. The third-order valence-corrected chi connectivity index (χ3v) is 10.3. The topological polar surface area (TPSA) is 13.1 Å². The van der Waals surface area contributed by atoms with Gasteiger partial charge in [-0.15, -0.1) is 0 Å². The van der Waals surface area contributed by atoms with Crippen molar-refractivity contribution in [3.8, 4) is 33.4 Å². The molecule has 11 rings (SSSR count). The number of fused-ring (bicyclic) bond motifs is 10. The average molecular weight is 655 g/mol. The maximum Gasteiger partial charge on any atom is 0.143 e. The van der Waals surface area contributed by atoms with Crippen LogP contribution in [0.15, 0.2) is 186 Å². The summed E-state index contributed by atoms with van der Waals surface area (Å²) in [7, 11) is 0. The molecule has 0 unspecified atom stereocenters. The van der Waals surface area contributed by atoms with Crippen LogP contribution >= 0.6 is 0 Å². The standard InChI is InChI=1S/C50H30O/c1-3-15-36-31(11-1)23-26-40-37(21-10-22-39(36)40)33-13-9-14-34(29-33)48-41-17-5-7-19-43(41)49(44-20-8-6-18-42(44)48)35-25-28-47-46(30-35)45-27-24-32-12-2-4-16-38(32)50(45)51-47/h1-30H/i5D,6D,7D,8D,17D,18D,19D,20D. The highest BCUT2D eigenvalue weighted by atomic mass is 16.3. The van der Waals surface area contributed by atoms with Gasteiger partial charge in [0.25, 0.3) is 0 Å². The number of rotatable bonds is 3. The van der Waals surface area contributed by atoms with Gasteiger partial charge in [-0.05, 0) is 106 Å². The van der Waals surface area contributed by atoms with Gasteiger partial charge in [0.05, 0.1) is 11.0 Å². The zero-order chi connectivity index (χ0) is 40.4. The largest absolute Gasteiger partial charge is 0.455 e. The van der Waals surface area contributed by atoms with Gasteiger partial charge in [0.2, 0.25) is 0 Å². The maximum absolute atomic E-state index is 9.47. The van der Waals surface area contributed by atoms with Crippen molar-refractivity contribution < 1.29 is 15.4 Å². The molecule has 0 amide bonds. The normalized spacial score (nSPS) is 14.1. The fraction of sp³-hybridized carbons (Fsp3) is 0. The van der Waals surface area contributed by atoms with Crippen LogP contribution in [0.4, 0.5) is 0 Å². The van der Waals surface area contributed by atoms with E-state index in [-0.39, 0.29) is 45.7 Å². The van der Waals surface area contributed by atoms with E-state index < -0.39 is 24.2 Å². The van der Waals surface area contributed by atoms with Crippen LogP contribution < -0.4 is 0 Å². The third-order valence-electron chi connectivity index (χ3n) is 10.3. The van der Waals surface area contributed by atoms with Crippen LogP contribution in [0.2, 0.25) is 0 Å². The Hall–Kier alpha value is -6.70. The van der Waals surface area contributed by atoms with E-state index in [4.69, 9.17) is 9.90 Å². The quantitative estimate of drug-likeness (QED) is 0.136. The number of benzene rings is 10. The van der Waals surface area contributed by atoms with E-state index in [2.05, 4.69) is 30.3 Å². The lowest BCUT2D eigenvalue weighted by Gasteiger charge is -2.18. The van der Waals surface area contributed by atoms with Crippen LogP contribution in [0, 0.1) is 0 Å². The molecule has 51 heavy (non-hydrogen) atoms. The fourth-order valence-corrected chi connectivity index (χ4v) is 8.00. The molecular formula is C50H30O.